The van der Waals surface area contributed by atoms with E-state index in [0.29, 0.717) is 17.2 Å². The van der Waals surface area contributed by atoms with Crippen LogP contribution in [0.25, 0.3) is 6.08 Å². The van der Waals surface area contributed by atoms with E-state index >= 15 is 0 Å². The zero-order valence-electron chi connectivity index (χ0n) is 16.3. The van der Waals surface area contributed by atoms with Crippen LogP contribution in [-0.2, 0) is 4.79 Å². The van der Waals surface area contributed by atoms with Gasteiger partial charge in [0, 0.05) is 37.7 Å². The normalized spacial score (nSPS) is 16.3. The van der Waals surface area contributed by atoms with Crippen molar-refractivity contribution in [1.29, 1.82) is 0 Å². The molecule has 1 heterocycles. The largest absolute Gasteiger partial charge is 0.481 e. The van der Waals surface area contributed by atoms with Crippen LogP contribution >= 0.6 is 11.6 Å². The second-order valence-corrected chi connectivity index (χ2v) is 7.35. The number of amides is 1. The second-order valence-electron chi connectivity index (χ2n) is 6.91. The molecule has 1 atom stereocenters. The average Bonchev–Trinajstić information content (AvgIpc) is 2.73. The first kappa shape index (κ1) is 20.4. The quantitative estimate of drug-likeness (QED) is 0.694. The fourth-order valence-corrected chi connectivity index (χ4v) is 3.45. The zero-order valence-corrected chi connectivity index (χ0v) is 17.0. The monoisotopic (exact) mass is 398 g/mol. The number of hydrogen-bond acceptors (Lipinski definition) is 3. The highest BCUT2D eigenvalue weighted by atomic mass is 35.5. The minimum absolute atomic E-state index is 0.0574. The van der Waals surface area contributed by atoms with Crippen LogP contribution in [-0.4, -0.2) is 54.5 Å². The van der Waals surface area contributed by atoms with Crippen molar-refractivity contribution < 1.29 is 9.53 Å². The van der Waals surface area contributed by atoms with Gasteiger partial charge in [-0.3, -0.25) is 9.69 Å². The molecule has 1 aliphatic rings. The van der Waals surface area contributed by atoms with Crippen molar-refractivity contribution in [3.05, 3.63) is 71.3 Å². The minimum atomic E-state index is -0.469. The molecule has 0 aromatic heterocycles. The predicted octanol–water partition coefficient (Wildman–Crippen LogP) is 4.36. The third-order valence-corrected chi connectivity index (χ3v) is 5.11. The molecule has 2 aromatic carbocycles. The van der Waals surface area contributed by atoms with Crippen molar-refractivity contribution in [1.82, 2.24) is 9.80 Å². The standard InChI is InChI=1S/C23H27ClN2O2/c1-2-22(28-21-12-6-11-20(24)18-21)23(27)26-16-14-25(15-17-26)13-7-10-19-8-4-3-5-9-19/h3-12,18,22H,2,13-17H2,1H3/b10-7+. The SMILES string of the molecule is CCC(Oc1cccc(Cl)c1)C(=O)N1CCN(C/C=C/c2ccccc2)CC1. The summed E-state index contributed by atoms with van der Waals surface area (Å²) >= 11 is 6.01. The second kappa shape index (κ2) is 10.3. The topological polar surface area (TPSA) is 32.8 Å². The zero-order chi connectivity index (χ0) is 19.8. The minimum Gasteiger partial charge on any atom is -0.481 e. The number of benzene rings is 2. The molecule has 2 aromatic rings. The molecule has 0 aliphatic carbocycles. The van der Waals surface area contributed by atoms with E-state index in [2.05, 4.69) is 29.2 Å². The molecule has 148 valence electrons. The highest BCUT2D eigenvalue weighted by molar-refractivity contribution is 6.30. The lowest BCUT2D eigenvalue weighted by atomic mass is 10.2. The van der Waals surface area contributed by atoms with Crippen LogP contribution in [0.3, 0.4) is 0 Å². The first-order valence-electron chi connectivity index (χ1n) is 9.80. The summed E-state index contributed by atoms with van der Waals surface area (Å²) in [6.07, 6.45) is 4.49. The van der Waals surface area contributed by atoms with Crippen LogP contribution in [0, 0.1) is 0 Å². The molecule has 0 spiro atoms. The van der Waals surface area contributed by atoms with Gasteiger partial charge >= 0.3 is 0 Å². The van der Waals surface area contributed by atoms with Gasteiger partial charge in [0.1, 0.15) is 5.75 Å². The van der Waals surface area contributed by atoms with Gasteiger partial charge < -0.3 is 9.64 Å². The number of nitrogens with zero attached hydrogens (tertiary/aromatic N) is 2. The summed E-state index contributed by atoms with van der Waals surface area (Å²) in [4.78, 5) is 17.1. The predicted molar refractivity (Wildman–Crippen MR) is 115 cm³/mol. The van der Waals surface area contributed by atoms with Crippen molar-refractivity contribution >= 4 is 23.6 Å². The Hall–Kier alpha value is -2.30. The Kier molecular flexibility index (Phi) is 7.52. The molecule has 3 rings (SSSR count). The van der Waals surface area contributed by atoms with Crippen LogP contribution in [0.5, 0.6) is 5.75 Å². The van der Waals surface area contributed by atoms with Crippen molar-refractivity contribution in [3.63, 3.8) is 0 Å². The van der Waals surface area contributed by atoms with E-state index in [1.54, 1.807) is 12.1 Å². The summed E-state index contributed by atoms with van der Waals surface area (Å²) in [5.41, 5.74) is 1.21. The third kappa shape index (κ3) is 5.85. The van der Waals surface area contributed by atoms with Crippen molar-refractivity contribution in [2.75, 3.05) is 32.7 Å². The maximum absolute atomic E-state index is 12.9. The number of halogens is 1. The number of carbonyl (C=O) groups is 1. The van der Waals surface area contributed by atoms with E-state index < -0.39 is 6.10 Å². The molecule has 1 amide bonds. The molecular formula is C23H27ClN2O2. The molecule has 0 saturated carbocycles. The first-order chi connectivity index (χ1) is 13.7. The van der Waals surface area contributed by atoms with E-state index in [4.69, 9.17) is 16.3 Å². The molecule has 28 heavy (non-hydrogen) atoms. The van der Waals surface area contributed by atoms with Gasteiger partial charge in [-0.1, -0.05) is 67.1 Å². The van der Waals surface area contributed by atoms with Crippen LogP contribution in [0.4, 0.5) is 0 Å². The molecule has 0 radical (unpaired) electrons. The van der Waals surface area contributed by atoms with E-state index in [0.717, 1.165) is 32.7 Å². The molecule has 5 heteroatoms. The molecule has 1 aliphatic heterocycles. The molecule has 1 saturated heterocycles. The van der Waals surface area contributed by atoms with Crippen LogP contribution in [0.2, 0.25) is 5.02 Å². The van der Waals surface area contributed by atoms with Gasteiger partial charge in [0.05, 0.1) is 0 Å². The number of rotatable bonds is 7. The van der Waals surface area contributed by atoms with Crippen molar-refractivity contribution in [3.8, 4) is 5.75 Å². The summed E-state index contributed by atoms with van der Waals surface area (Å²) in [6, 6.07) is 17.5. The fourth-order valence-electron chi connectivity index (χ4n) is 3.27. The molecule has 4 nitrogen and oxygen atoms in total. The van der Waals surface area contributed by atoms with Gasteiger partial charge in [0.2, 0.25) is 0 Å². The average molecular weight is 399 g/mol. The molecular weight excluding hydrogens is 372 g/mol. The summed E-state index contributed by atoms with van der Waals surface area (Å²) in [7, 11) is 0. The number of hydrogen-bond donors (Lipinski definition) is 0. The Morgan fingerprint density at radius 3 is 2.54 bits per heavy atom. The Balaban J connectivity index is 1.47. The molecule has 1 fully saturated rings. The van der Waals surface area contributed by atoms with E-state index in [1.165, 1.54) is 5.56 Å². The first-order valence-corrected chi connectivity index (χ1v) is 10.2. The lowest BCUT2D eigenvalue weighted by Crippen LogP contribution is -2.52. The van der Waals surface area contributed by atoms with Gasteiger partial charge in [0.25, 0.3) is 5.91 Å². The lowest BCUT2D eigenvalue weighted by Gasteiger charge is -2.35. The Labute approximate surface area is 172 Å². The van der Waals surface area contributed by atoms with Crippen LogP contribution in [0.1, 0.15) is 18.9 Å². The summed E-state index contributed by atoms with van der Waals surface area (Å²) in [5.74, 6) is 0.694. The fraction of sp³-hybridized carbons (Fsp3) is 0.348. The molecule has 0 bridgehead atoms. The summed E-state index contributed by atoms with van der Waals surface area (Å²) in [6.45, 7) is 6.07. The van der Waals surface area contributed by atoms with Gasteiger partial charge in [-0.2, -0.15) is 0 Å². The maximum atomic E-state index is 12.9. The smallest absolute Gasteiger partial charge is 0.263 e. The van der Waals surface area contributed by atoms with E-state index in [-0.39, 0.29) is 5.91 Å². The summed E-state index contributed by atoms with van der Waals surface area (Å²) < 4.78 is 5.90. The van der Waals surface area contributed by atoms with Crippen molar-refractivity contribution in [2.45, 2.75) is 19.4 Å². The van der Waals surface area contributed by atoms with Crippen LogP contribution in [0.15, 0.2) is 60.7 Å². The Morgan fingerprint density at radius 1 is 1.11 bits per heavy atom. The van der Waals surface area contributed by atoms with Crippen molar-refractivity contribution in [2.24, 2.45) is 0 Å². The number of piperazine rings is 1. The van der Waals surface area contributed by atoms with E-state index in [1.807, 2.05) is 42.2 Å². The Bertz CT molecular complexity index is 786. The van der Waals surface area contributed by atoms with Gasteiger partial charge in [-0.25, -0.2) is 0 Å². The molecule has 1 unspecified atom stereocenters. The number of ether oxygens (including phenoxy) is 1. The van der Waals surface area contributed by atoms with Gasteiger partial charge in [0.15, 0.2) is 6.10 Å². The molecule has 0 N–H and O–H groups in total. The third-order valence-electron chi connectivity index (χ3n) is 4.88. The highest BCUT2D eigenvalue weighted by Crippen LogP contribution is 2.20. The highest BCUT2D eigenvalue weighted by Gasteiger charge is 2.27. The van der Waals surface area contributed by atoms with Gasteiger partial charge in [-0.15, -0.1) is 0 Å². The van der Waals surface area contributed by atoms with Crippen LogP contribution < -0.4 is 4.74 Å². The van der Waals surface area contributed by atoms with Gasteiger partial charge in [-0.05, 0) is 30.2 Å². The number of carbonyl (C=O) groups excluding carboxylic acids is 1. The lowest BCUT2D eigenvalue weighted by molar-refractivity contribution is -0.140. The maximum Gasteiger partial charge on any atom is 0.263 e. The van der Waals surface area contributed by atoms with E-state index in [9.17, 15) is 4.79 Å². The Morgan fingerprint density at radius 2 is 1.86 bits per heavy atom. The summed E-state index contributed by atoms with van der Waals surface area (Å²) in [5, 5.41) is 0.608.